The molecule has 0 unspecified atom stereocenters. The van der Waals surface area contributed by atoms with Gasteiger partial charge in [0.15, 0.2) is 16.6 Å². The summed E-state index contributed by atoms with van der Waals surface area (Å²) in [6.45, 7) is 35.0. The van der Waals surface area contributed by atoms with Gasteiger partial charge < -0.3 is 18.3 Å². The molecule has 2 aromatic rings. The highest BCUT2D eigenvalue weighted by Crippen LogP contribution is 2.38. The van der Waals surface area contributed by atoms with Crippen molar-refractivity contribution in [2.45, 2.75) is 169 Å². The minimum atomic E-state index is -2.04. The van der Waals surface area contributed by atoms with Crippen LogP contribution in [0.4, 0.5) is 0 Å². The second-order valence-corrected chi connectivity index (χ2v) is 26.0. The molecule has 53 heavy (non-hydrogen) atoms. The van der Waals surface area contributed by atoms with Crippen LogP contribution in [0.25, 0.3) is 0 Å². The average molecular weight is 761 g/mol. The van der Waals surface area contributed by atoms with Gasteiger partial charge in [-0.05, 0) is 105 Å². The third-order valence-electron chi connectivity index (χ3n) is 11.5. The fourth-order valence-corrected chi connectivity index (χ4v) is 10.9. The Labute approximate surface area is 328 Å². The van der Waals surface area contributed by atoms with Crippen molar-refractivity contribution in [1.29, 1.82) is 0 Å². The van der Waals surface area contributed by atoms with E-state index >= 15 is 0 Å². The molecule has 0 aliphatic carbocycles. The van der Waals surface area contributed by atoms with E-state index in [-0.39, 0.29) is 35.4 Å². The zero-order valence-corrected chi connectivity index (χ0v) is 38.0. The lowest BCUT2D eigenvalue weighted by atomic mass is 9.90. The van der Waals surface area contributed by atoms with Gasteiger partial charge in [0.25, 0.3) is 0 Å². The molecule has 5 atom stereocenters. The lowest BCUT2D eigenvalue weighted by molar-refractivity contribution is -0.0277. The summed E-state index contributed by atoms with van der Waals surface area (Å²) in [4.78, 5) is 0. The van der Waals surface area contributed by atoms with E-state index in [1.807, 2.05) is 18.2 Å². The Kier molecular flexibility index (Phi) is 20.2. The number of hydrogen-bond acceptors (Lipinski definition) is 4. The first-order valence-electron chi connectivity index (χ1n) is 20.4. The zero-order valence-electron chi connectivity index (χ0n) is 36.0. The fourth-order valence-electron chi connectivity index (χ4n) is 6.56. The maximum absolute atomic E-state index is 7.41. The van der Waals surface area contributed by atoms with Crippen LogP contribution in [0.2, 0.25) is 36.3 Å². The Hall–Kier alpha value is -2.33. The van der Waals surface area contributed by atoms with Gasteiger partial charge in [0, 0.05) is 5.92 Å². The van der Waals surface area contributed by atoms with Crippen LogP contribution >= 0.6 is 0 Å². The topological polar surface area (TPSA) is 36.9 Å². The molecular formula is C47H76O4Si2. The Bertz CT molecular complexity index is 1410. The molecule has 0 aromatic heterocycles. The first-order valence-corrected chi connectivity index (χ1v) is 25.8. The van der Waals surface area contributed by atoms with E-state index in [2.05, 4.69) is 163 Å². The summed E-state index contributed by atoms with van der Waals surface area (Å²) in [6.07, 6.45) is 11.6. The van der Waals surface area contributed by atoms with Crippen molar-refractivity contribution in [3.63, 3.8) is 0 Å². The number of ether oxygens (including phenoxy) is 2. The molecule has 0 bridgehead atoms. The zero-order chi connectivity index (χ0) is 39.7. The molecule has 0 saturated carbocycles. The number of hydrogen-bond donors (Lipinski definition) is 0. The molecule has 0 saturated heterocycles. The second kappa shape index (κ2) is 22.9. The molecule has 0 spiro atoms. The summed E-state index contributed by atoms with van der Waals surface area (Å²) >= 11 is 0. The van der Waals surface area contributed by atoms with Gasteiger partial charge in [-0.15, -0.1) is 6.58 Å². The van der Waals surface area contributed by atoms with Crippen LogP contribution in [0, 0.1) is 5.92 Å². The van der Waals surface area contributed by atoms with Crippen LogP contribution < -0.4 is 0 Å². The second-order valence-electron chi connectivity index (χ2n) is 16.6. The maximum atomic E-state index is 7.41. The molecule has 2 rings (SSSR count). The molecule has 6 heteroatoms. The summed E-state index contributed by atoms with van der Waals surface area (Å²) in [5.74, 6) is 0.226. The molecule has 0 aliphatic heterocycles. The van der Waals surface area contributed by atoms with Gasteiger partial charge in [-0.1, -0.05) is 139 Å². The maximum Gasteiger partial charge on any atom is 0.192 e. The van der Waals surface area contributed by atoms with Crippen LogP contribution in [0.5, 0.6) is 0 Å². The van der Waals surface area contributed by atoms with Crippen LogP contribution in [0.1, 0.15) is 107 Å². The summed E-state index contributed by atoms with van der Waals surface area (Å²) in [7, 11) is -3.97. The number of rotatable bonds is 24. The minimum Gasteiger partial charge on any atom is -0.411 e. The SMILES string of the molecule is C=CC[C@H](OCc1ccccc1)/C(C)=C/[C@H](CC)[C@@H](O[Si](CC)(CC)CC)/C(C)=C/C(C)=C/C[C@H](O[Si](C)(C)C(C)(C)C)[C@H](C)OCc1ccccc1. The Morgan fingerprint density at radius 1 is 0.755 bits per heavy atom. The van der Waals surface area contributed by atoms with Crippen molar-refractivity contribution < 1.29 is 18.3 Å². The standard InChI is InChI=1S/C47H76O4Si2/c1-15-26-44(49-36-42-29-24-21-25-30-42)38(7)34-43(16-2)46(51-53(17-3,18-4)19-5)39(8)33-37(6)31-32-45(50-52(13,14)47(10,11)12)40(9)48-35-41-27-22-20-23-28-41/h15,20-25,27-31,33-34,40,43-46H,1,16-19,26,32,35-36H2,2-14H3/b37-31+,38-34+,39-33+/t40-,43-,44-,45-,46-/m0/s1. The summed E-state index contributed by atoms with van der Waals surface area (Å²) in [6, 6.07) is 24.2. The molecule has 4 nitrogen and oxygen atoms in total. The van der Waals surface area contributed by atoms with E-state index in [9.17, 15) is 0 Å². The smallest absolute Gasteiger partial charge is 0.192 e. The Balaban J connectivity index is 2.45. The van der Waals surface area contributed by atoms with Crippen molar-refractivity contribution in [2.75, 3.05) is 0 Å². The molecule has 0 heterocycles. The molecular weight excluding hydrogens is 685 g/mol. The third kappa shape index (κ3) is 15.4. The van der Waals surface area contributed by atoms with Crippen LogP contribution in [0.3, 0.4) is 0 Å². The van der Waals surface area contributed by atoms with Crippen LogP contribution in [-0.2, 0) is 31.5 Å². The first kappa shape index (κ1) is 46.8. The monoisotopic (exact) mass is 761 g/mol. The quantitative estimate of drug-likeness (QED) is 0.0607. The Morgan fingerprint density at radius 3 is 1.75 bits per heavy atom. The van der Waals surface area contributed by atoms with E-state index < -0.39 is 16.6 Å². The largest absolute Gasteiger partial charge is 0.411 e. The summed E-state index contributed by atoms with van der Waals surface area (Å²) in [5.41, 5.74) is 6.12. The lowest BCUT2D eigenvalue weighted by Crippen LogP contribution is -2.47. The molecule has 0 amide bonds. The predicted molar refractivity (Wildman–Crippen MR) is 234 cm³/mol. The van der Waals surface area contributed by atoms with Crippen molar-refractivity contribution in [3.05, 3.63) is 119 Å². The summed E-state index contributed by atoms with van der Waals surface area (Å²) in [5, 5.41) is 0.108. The van der Waals surface area contributed by atoms with Gasteiger partial charge >= 0.3 is 0 Å². The highest BCUT2D eigenvalue weighted by molar-refractivity contribution is 6.74. The van der Waals surface area contributed by atoms with E-state index in [4.69, 9.17) is 18.3 Å². The van der Waals surface area contributed by atoms with Gasteiger partial charge in [0.1, 0.15) is 0 Å². The summed E-state index contributed by atoms with van der Waals surface area (Å²) < 4.78 is 27.4. The first-order chi connectivity index (χ1) is 25.0. The van der Waals surface area contributed by atoms with Crippen molar-refractivity contribution in [2.24, 2.45) is 5.92 Å². The number of benzene rings is 2. The molecule has 296 valence electrons. The van der Waals surface area contributed by atoms with Crippen molar-refractivity contribution in [3.8, 4) is 0 Å². The van der Waals surface area contributed by atoms with E-state index in [1.165, 1.54) is 27.8 Å². The molecule has 0 radical (unpaired) electrons. The third-order valence-corrected chi connectivity index (χ3v) is 20.7. The van der Waals surface area contributed by atoms with Crippen LogP contribution in [-0.4, -0.2) is 41.1 Å². The van der Waals surface area contributed by atoms with Gasteiger partial charge in [-0.2, -0.15) is 0 Å². The van der Waals surface area contributed by atoms with E-state index in [0.717, 1.165) is 37.4 Å². The van der Waals surface area contributed by atoms with Gasteiger partial charge in [0.05, 0.1) is 37.6 Å². The highest BCUT2D eigenvalue weighted by atomic mass is 28.4. The molecule has 0 aliphatic rings. The predicted octanol–water partition coefficient (Wildman–Crippen LogP) is 13.8. The van der Waals surface area contributed by atoms with Gasteiger partial charge in [-0.3, -0.25) is 0 Å². The van der Waals surface area contributed by atoms with E-state index in [0.29, 0.717) is 13.2 Å². The van der Waals surface area contributed by atoms with Crippen molar-refractivity contribution >= 4 is 16.6 Å². The van der Waals surface area contributed by atoms with Gasteiger partial charge in [0.2, 0.25) is 0 Å². The highest BCUT2D eigenvalue weighted by Gasteiger charge is 2.40. The molecule has 0 fully saturated rings. The van der Waals surface area contributed by atoms with Crippen molar-refractivity contribution in [1.82, 2.24) is 0 Å². The van der Waals surface area contributed by atoms with E-state index in [1.54, 1.807) is 0 Å². The molecule has 0 N–H and O–H groups in total. The van der Waals surface area contributed by atoms with Gasteiger partial charge in [-0.25, -0.2) is 0 Å². The number of allylic oxidation sites excluding steroid dienone is 2. The fraction of sp³-hybridized carbons (Fsp3) is 0.574. The normalized spacial score (nSPS) is 16.6. The Morgan fingerprint density at radius 2 is 1.28 bits per heavy atom. The minimum absolute atomic E-state index is 0.00395. The average Bonchev–Trinajstić information content (AvgIpc) is 3.14. The molecule has 2 aromatic carbocycles. The van der Waals surface area contributed by atoms with Crippen LogP contribution in [0.15, 0.2) is 108 Å². The lowest BCUT2D eigenvalue weighted by Gasteiger charge is -2.40.